The molecule has 0 aromatic carbocycles. The van der Waals surface area contributed by atoms with Crippen molar-refractivity contribution >= 4 is 27.4 Å². The van der Waals surface area contributed by atoms with Gasteiger partial charge in [-0.3, -0.25) is 4.40 Å². The number of nitrogens with zero attached hydrogens (tertiary/aromatic N) is 2. The number of rotatable bonds is 0. The van der Waals surface area contributed by atoms with E-state index in [1.165, 1.54) is 0 Å². The zero-order valence-electron chi connectivity index (χ0n) is 5.66. The molecule has 0 bridgehead atoms. The van der Waals surface area contributed by atoms with Crippen LogP contribution in [0.1, 0.15) is 0 Å². The number of fused-ring (bicyclic) bond motifs is 1. The summed E-state index contributed by atoms with van der Waals surface area (Å²) >= 11 is 3.37. The average Bonchev–Trinajstić information content (AvgIpc) is 2.34. The lowest BCUT2D eigenvalue weighted by Gasteiger charge is -1.97. The van der Waals surface area contributed by atoms with Crippen LogP contribution in [0.25, 0.3) is 5.52 Å². The summed E-state index contributed by atoms with van der Waals surface area (Å²) in [7, 11) is 0. The first-order chi connectivity index (χ1) is 5.29. The van der Waals surface area contributed by atoms with Gasteiger partial charge in [0, 0.05) is 0 Å². The molecule has 2 aromatic rings. The minimum Gasteiger partial charge on any atom is -0.369 e. The fraction of sp³-hybridized carbons (Fsp3) is 0. The molecule has 0 saturated heterocycles. The Morgan fingerprint density at radius 2 is 2.27 bits per heavy atom. The van der Waals surface area contributed by atoms with Crippen molar-refractivity contribution < 1.29 is 0 Å². The van der Waals surface area contributed by atoms with Gasteiger partial charge in [0.15, 0.2) is 0 Å². The van der Waals surface area contributed by atoms with E-state index >= 15 is 0 Å². The van der Waals surface area contributed by atoms with Gasteiger partial charge >= 0.3 is 0 Å². The van der Waals surface area contributed by atoms with Crippen LogP contribution in [0.5, 0.6) is 0 Å². The van der Waals surface area contributed by atoms with Crippen LogP contribution in [0.4, 0.5) is 5.95 Å². The summed E-state index contributed by atoms with van der Waals surface area (Å²) in [6.45, 7) is 0. The lowest BCUT2D eigenvalue weighted by molar-refractivity contribution is 1.13. The van der Waals surface area contributed by atoms with Crippen molar-refractivity contribution in [3.8, 4) is 0 Å². The van der Waals surface area contributed by atoms with Crippen molar-refractivity contribution in [2.75, 3.05) is 5.73 Å². The Morgan fingerprint density at radius 3 is 3.00 bits per heavy atom. The highest BCUT2D eigenvalue weighted by Crippen LogP contribution is 2.16. The summed E-state index contributed by atoms with van der Waals surface area (Å²) in [5.41, 5.74) is 6.60. The van der Waals surface area contributed by atoms with Crippen molar-refractivity contribution in [2.24, 2.45) is 0 Å². The van der Waals surface area contributed by atoms with Crippen molar-refractivity contribution in [1.29, 1.82) is 0 Å². The number of nitrogen functional groups attached to an aromatic ring is 1. The number of pyridine rings is 1. The molecule has 2 N–H and O–H groups in total. The molecule has 2 heterocycles. The quantitative estimate of drug-likeness (QED) is 0.675. The highest BCUT2D eigenvalue weighted by Gasteiger charge is 2.00. The third kappa shape index (κ3) is 0.903. The Labute approximate surface area is 72.0 Å². The normalized spacial score (nSPS) is 10.6. The molecular weight excluding hydrogens is 206 g/mol. The van der Waals surface area contributed by atoms with Crippen molar-refractivity contribution in [2.45, 2.75) is 0 Å². The topological polar surface area (TPSA) is 43.3 Å². The van der Waals surface area contributed by atoms with E-state index in [-0.39, 0.29) is 0 Å². The molecule has 0 radical (unpaired) electrons. The summed E-state index contributed by atoms with van der Waals surface area (Å²) in [6, 6.07) is 5.82. The second kappa shape index (κ2) is 2.23. The number of halogens is 1. The summed E-state index contributed by atoms with van der Waals surface area (Å²) in [5.74, 6) is 0.507. The Hall–Kier alpha value is -1.03. The molecule has 0 aliphatic heterocycles. The molecule has 0 spiro atoms. The maximum absolute atomic E-state index is 5.60. The van der Waals surface area contributed by atoms with E-state index in [9.17, 15) is 0 Å². The highest BCUT2D eigenvalue weighted by atomic mass is 79.9. The first-order valence-electron chi connectivity index (χ1n) is 3.16. The van der Waals surface area contributed by atoms with Crippen LogP contribution in [-0.2, 0) is 0 Å². The largest absolute Gasteiger partial charge is 0.369 e. The number of aromatic nitrogens is 2. The van der Waals surface area contributed by atoms with E-state index < -0.39 is 0 Å². The molecule has 0 fully saturated rings. The number of anilines is 1. The predicted octanol–water partition coefficient (Wildman–Crippen LogP) is 1.68. The first-order valence-corrected chi connectivity index (χ1v) is 3.96. The number of hydrogen-bond acceptors (Lipinski definition) is 2. The molecule has 0 unspecified atom stereocenters. The standard InChI is InChI=1S/C7H6BrN3/c8-6-3-1-2-5-4-10-7(9)11(5)6/h1-4H,(H2,9,10). The molecule has 0 saturated carbocycles. The number of hydrogen-bond donors (Lipinski definition) is 1. The lowest BCUT2D eigenvalue weighted by Crippen LogP contribution is -1.94. The van der Waals surface area contributed by atoms with Crippen LogP contribution in [0.15, 0.2) is 29.0 Å². The summed E-state index contributed by atoms with van der Waals surface area (Å²) in [4.78, 5) is 3.97. The zero-order chi connectivity index (χ0) is 7.84. The van der Waals surface area contributed by atoms with Gasteiger partial charge in [-0.15, -0.1) is 0 Å². The number of imidazole rings is 1. The third-order valence-electron chi connectivity index (χ3n) is 1.53. The molecule has 4 heteroatoms. The Bertz CT molecular complexity index is 393. The average molecular weight is 212 g/mol. The molecule has 56 valence electrons. The Morgan fingerprint density at radius 1 is 1.45 bits per heavy atom. The van der Waals surface area contributed by atoms with Crippen LogP contribution in [0.3, 0.4) is 0 Å². The number of nitrogens with two attached hydrogens (primary N) is 1. The maximum Gasteiger partial charge on any atom is 0.205 e. The molecule has 0 atom stereocenters. The van der Waals surface area contributed by atoms with Gasteiger partial charge in [-0.1, -0.05) is 6.07 Å². The van der Waals surface area contributed by atoms with Gasteiger partial charge in [0.05, 0.1) is 16.3 Å². The molecular formula is C7H6BrN3. The summed E-state index contributed by atoms with van der Waals surface area (Å²) < 4.78 is 2.75. The van der Waals surface area contributed by atoms with Crippen LogP contribution in [0, 0.1) is 0 Å². The van der Waals surface area contributed by atoms with Crippen molar-refractivity contribution in [3.63, 3.8) is 0 Å². The van der Waals surface area contributed by atoms with Gasteiger partial charge in [-0.05, 0) is 28.1 Å². The molecule has 2 rings (SSSR count). The van der Waals surface area contributed by atoms with Gasteiger partial charge in [0.2, 0.25) is 5.95 Å². The predicted molar refractivity (Wildman–Crippen MR) is 47.3 cm³/mol. The lowest BCUT2D eigenvalue weighted by atomic mass is 10.4. The van der Waals surface area contributed by atoms with Gasteiger partial charge in [0.25, 0.3) is 0 Å². The monoisotopic (exact) mass is 211 g/mol. The first kappa shape index (κ1) is 6.67. The molecule has 0 aliphatic carbocycles. The van der Waals surface area contributed by atoms with E-state index in [1.54, 1.807) is 6.20 Å². The summed E-state index contributed by atoms with van der Waals surface area (Å²) in [6.07, 6.45) is 1.74. The fourth-order valence-corrected chi connectivity index (χ4v) is 1.57. The second-order valence-electron chi connectivity index (χ2n) is 2.23. The molecule has 2 aromatic heterocycles. The van der Waals surface area contributed by atoms with Crippen LogP contribution < -0.4 is 5.73 Å². The minimum absolute atomic E-state index is 0.507. The minimum atomic E-state index is 0.507. The van der Waals surface area contributed by atoms with E-state index in [0.717, 1.165) is 10.1 Å². The molecule has 0 amide bonds. The fourth-order valence-electron chi connectivity index (χ4n) is 1.03. The highest BCUT2D eigenvalue weighted by molar-refractivity contribution is 9.10. The van der Waals surface area contributed by atoms with Crippen LogP contribution >= 0.6 is 15.9 Å². The van der Waals surface area contributed by atoms with Crippen molar-refractivity contribution in [3.05, 3.63) is 29.0 Å². The van der Waals surface area contributed by atoms with E-state index in [2.05, 4.69) is 20.9 Å². The van der Waals surface area contributed by atoms with E-state index in [4.69, 9.17) is 5.73 Å². The van der Waals surface area contributed by atoms with Crippen LogP contribution in [-0.4, -0.2) is 9.38 Å². The Balaban J connectivity index is 2.96. The zero-order valence-corrected chi connectivity index (χ0v) is 7.25. The smallest absolute Gasteiger partial charge is 0.205 e. The van der Waals surface area contributed by atoms with Gasteiger partial charge in [-0.25, -0.2) is 4.98 Å². The van der Waals surface area contributed by atoms with Gasteiger partial charge < -0.3 is 5.73 Å². The van der Waals surface area contributed by atoms with Crippen molar-refractivity contribution in [1.82, 2.24) is 9.38 Å². The third-order valence-corrected chi connectivity index (χ3v) is 2.15. The Kier molecular flexibility index (Phi) is 1.35. The van der Waals surface area contributed by atoms with Gasteiger partial charge in [0.1, 0.15) is 0 Å². The van der Waals surface area contributed by atoms with Crippen LogP contribution in [0.2, 0.25) is 0 Å². The maximum atomic E-state index is 5.60. The molecule has 3 nitrogen and oxygen atoms in total. The van der Waals surface area contributed by atoms with E-state index in [0.29, 0.717) is 5.95 Å². The summed E-state index contributed by atoms with van der Waals surface area (Å²) in [5, 5.41) is 0. The molecule has 0 aliphatic rings. The van der Waals surface area contributed by atoms with Gasteiger partial charge in [-0.2, -0.15) is 0 Å². The second-order valence-corrected chi connectivity index (χ2v) is 3.04. The SMILES string of the molecule is Nc1ncc2cccc(Br)n12. The molecule has 11 heavy (non-hydrogen) atoms. The van der Waals surface area contributed by atoms with E-state index in [1.807, 2.05) is 22.6 Å².